The summed E-state index contributed by atoms with van der Waals surface area (Å²) in [6.45, 7) is 9.15. The Bertz CT molecular complexity index is 332. The molecule has 96 valence electrons. The van der Waals surface area contributed by atoms with Gasteiger partial charge in [0.2, 0.25) is 11.8 Å². The monoisotopic (exact) mass is 238 g/mol. The van der Waals surface area contributed by atoms with Crippen molar-refractivity contribution in [3.63, 3.8) is 0 Å². The Labute approximate surface area is 103 Å². The number of ether oxygens (including phenoxy) is 1. The van der Waals surface area contributed by atoms with Crippen molar-refractivity contribution in [2.45, 2.75) is 20.8 Å². The van der Waals surface area contributed by atoms with Crippen molar-refractivity contribution in [2.75, 3.05) is 31.1 Å². The molecule has 0 amide bonds. The minimum atomic E-state index is 0.425. The fraction of sp³-hybridized carbons (Fsp3) is 0.667. The second-order valence-electron chi connectivity index (χ2n) is 4.01. The first kappa shape index (κ1) is 13.7. The van der Waals surface area contributed by atoms with Gasteiger partial charge in [0.05, 0.1) is 6.61 Å². The molecule has 1 atom stereocenters. The van der Waals surface area contributed by atoms with Gasteiger partial charge in [-0.25, -0.2) is 4.98 Å². The van der Waals surface area contributed by atoms with Crippen molar-refractivity contribution in [3.05, 3.63) is 12.3 Å². The summed E-state index contributed by atoms with van der Waals surface area (Å²) in [5, 5.41) is 0. The summed E-state index contributed by atoms with van der Waals surface area (Å²) in [6, 6.07) is 1.77. The molecule has 2 N–H and O–H groups in total. The van der Waals surface area contributed by atoms with Crippen LogP contribution < -0.4 is 15.4 Å². The molecular weight excluding hydrogens is 216 g/mol. The average molecular weight is 238 g/mol. The van der Waals surface area contributed by atoms with Gasteiger partial charge >= 0.3 is 0 Å². The van der Waals surface area contributed by atoms with Gasteiger partial charge in [-0.05, 0) is 26.3 Å². The van der Waals surface area contributed by atoms with E-state index in [-0.39, 0.29) is 0 Å². The Kier molecular flexibility index (Phi) is 5.69. The summed E-state index contributed by atoms with van der Waals surface area (Å²) in [5.74, 6) is 1.75. The van der Waals surface area contributed by atoms with Gasteiger partial charge in [0.25, 0.3) is 0 Å². The molecule has 1 aromatic rings. The highest BCUT2D eigenvalue weighted by Gasteiger charge is 2.11. The molecule has 0 aliphatic carbocycles. The van der Waals surface area contributed by atoms with E-state index < -0.39 is 0 Å². The summed E-state index contributed by atoms with van der Waals surface area (Å²) < 4.78 is 5.37. The van der Waals surface area contributed by atoms with Crippen LogP contribution in [0.4, 0.5) is 5.95 Å². The van der Waals surface area contributed by atoms with Crippen LogP contribution >= 0.6 is 0 Å². The van der Waals surface area contributed by atoms with Gasteiger partial charge in [-0.2, -0.15) is 4.98 Å². The minimum absolute atomic E-state index is 0.425. The molecule has 0 radical (unpaired) electrons. The van der Waals surface area contributed by atoms with E-state index in [4.69, 9.17) is 10.5 Å². The molecule has 1 aromatic heterocycles. The molecule has 0 spiro atoms. The Morgan fingerprint density at radius 1 is 1.47 bits per heavy atom. The Morgan fingerprint density at radius 2 is 2.24 bits per heavy atom. The number of hydrogen-bond donors (Lipinski definition) is 1. The summed E-state index contributed by atoms with van der Waals surface area (Å²) in [6.07, 6.45) is 1.73. The van der Waals surface area contributed by atoms with Crippen LogP contribution in [-0.2, 0) is 0 Å². The van der Waals surface area contributed by atoms with Crippen molar-refractivity contribution in [1.82, 2.24) is 9.97 Å². The van der Waals surface area contributed by atoms with E-state index >= 15 is 0 Å². The second-order valence-corrected chi connectivity index (χ2v) is 4.01. The lowest BCUT2D eigenvalue weighted by atomic mass is 10.2. The minimum Gasteiger partial charge on any atom is -0.478 e. The highest BCUT2D eigenvalue weighted by atomic mass is 16.5. The normalized spacial score (nSPS) is 12.2. The molecule has 5 nitrogen and oxygen atoms in total. The van der Waals surface area contributed by atoms with Crippen molar-refractivity contribution >= 4 is 5.95 Å². The second kappa shape index (κ2) is 7.06. The van der Waals surface area contributed by atoms with E-state index in [0.29, 0.717) is 30.9 Å². The maximum atomic E-state index is 5.64. The fourth-order valence-electron chi connectivity index (χ4n) is 1.52. The van der Waals surface area contributed by atoms with Crippen LogP contribution in [0.3, 0.4) is 0 Å². The zero-order valence-corrected chi connectivity index (χ0v) is 10.9. The van der Waals surface area contributed by atoms with Gasteiger partial charge in [0.15, 0.2) is 0 Å². The topological polar surface area (TPSA) is 64.3 Å². The SMILES string of the molecule is CCOc1ccnc(N(CC)CC(C)CN)n1. The molecule has 1 unspecified atom stereocenters. The first-order valence-corrected chi connectivity index (χ1v) is 6.12. The summed E-state index contributed by atoms with van der Waals surface area (Å²) in [7, 11) is 0. The van der Waals surface area contributed by atoms with Crippen LogP contribution in [0, 0.1) is 5.92 Å². The van der Waals surface area contributed by atoms with Gasteiger partial charge in [0, 0.05) is 25.4 Å². The maximum absolute atomic E-state index is 5.64. The quantitative estimate of drug-likeness (QED) is 0.775. The van der Waals surface area contributed by atoms with Crippen LogP contribution in [0.5, 0.6) is 5.88 Å². The predicted molar refractivity (Wildman–Crippen MR) is 69.3 cm³/mol. The first-order valence-electron chi connectivity index (χ1n) is 6.12. The molecule has 0 saturated carbocycles. The van der Waals surface area contributed by atoms with Crippen molar-refractivity contribution < 1.29 is 4.74 Å². The number of rotatable bonds is 7. The number of aromatic nitrogens is 2. The fourth-order valence-corrected chi connectivity index (χ4v) is 1.52. The Balaban J connectivity index is 2.76. The van der Waals surface area contributed by atoms with Crippen LogP contribution in [0.1, 0.15) is 20.8 Å². The zero-order chi connectivity index (χ0) is 12.7. The molecule has 1 heterocycles. The average Bonchev–Trinajstić information content (AvgIpc) is 2.36. The van der Waals surface area contributed by atoms with Crippen molar-refractivity contribution in [1.29, 1.82) is 0 Å². The molecule has 0 saturated heterocycles. The van der Waals surface area contributed by atoms with Gasteiger partial charge < -0.3 is 15.4 Å². The molecule has 0 fully saturated rings. The third-order valence-corrected chi connectivity index (χ3v) is 2.51. The summed E-state index contributed by atoms with van der Waals surface area (Å²) in [4.78, 5) is 10.8. The van der Waals surface area contributed by atoms with Gasteiger partial charge in [-0.1, -0.05) is 6.92 Å². The van der Waals surface area contributed by atoms with Crippen LogP contribution in [0.25, 0.3) is 0 Å². The van der Waals surface area contributed by atoms with E-state index in [9.17, 15) is 0 Å². The highest BCUT2D eigenvalue weighted by Crippen LogP contribution is 2.13. The van der Waals surface area contributed by atoms with Gasteiger partial charge in [0.1, 0.15) is 0 Å². The molecular formula is C12H22N4O. The molecule has 5 heteroatoms. The van der Waals surface area contributed by atoms with Gasteiger partial charge in [-0.15, -0.1) is 0 Å². The Hall–Kier alpha value is -1.36. The van der Waals surface area contributed by atoms with E-state index in [1.54, 1.807) is 12.3 Å². The standard InChI is InChI=1S/C12H22N4O/c1-4-16(9-10(3)8-13)12-14-7-6-11(15-12)17-5-2/h6-7,10H,4-5,8-9,13H2,1-3H3. The number of nitrogens with zero attached hydrogens (tertiary/aromatic N) is 3. The zero-order valence-electron chi connectivity index (χ0n) is 10.9. The molecule has 17 heavy (non-hydrogen) atoms. The van der Waals surface area contributed by atoms with Crippen LogP contribution in [0.15, 0.2) is 12.3 Å². The van der Waals surface area contributed by atoms with E-state index in [1.807, 2.05) is 6.92 Å². The lowest BCUT2D eigenvalue weighted by Gasteiger charge is -2.23. The molecule has 0 bridgehead atoms. The molecule has 0 aliphatic heterocycles. The number of nitrogens with two attached hydrogens (primary N) is 1. The molecule has 0 aliphatic rings. The first-order chi connectivity index (χ1) is 8.21. The summed E-state index contributed by atoms with van der Waals surface area (Å²) >= 11 is 0. The largest absolute Gasteiger partial charge is 0.478 e. The molecule has 0 aromatic carbocycles. The third kappa shape index (κ3) is 4.19. The smallest absolute Gasteiger partial charge is 0.228 e. The van der Waals surface area contributed by atoms with Crippen LogP contribution in [-0.4, -0.2) is 36.2 Å². The predicted octanol–water partition coefficient (Wildman–Crippen LogP) is 1.30. The highest BCUT2D eigenvalue weighted by molar-refractivity contribution is 5.31. The van der Waals surface area contributed by atoms with Gasteiger partial charge in [-0.3, -0.25) is 0 Å². The van der Waals surface area contributed by atoms with Crippen molar-refractivity contribution in [3.8, 4) is 5.88 Å². The van der Waals surface area contributed by atoms with E-state index in [1.165, 1.54) is 0 Å². The van der Waals surface area contributed by atoms with E-state index in [2.05, 4.69) is 28.7 Å². The maximum Gasteiger partial charge on any atom is 0.228 e. The number of hydrogen-bond acceptors (Lipinski definition) is 5. The molecule has 1 rings (SSSR count). The summed E-state index contributed by atoms with van der Waals surface area (Å²) in [5.41, 5.74) is 5.64. The van der Waals surface area contributed by atoms with E-state index in [0.717, 1.165) is 13.1 Å². The number of anilines is 1. The van der Waals surface area contributed by atoms with Crippen molar-refractivity contribution in [2.24, 2.45) is 11.7 Å². The van der Waals surface area contributed by atoms with Crippen LogP contribution in [0.2, 0.25) is 0 Å². The lowest BCUT2D eigenvalue weighted by Crippen LogP contribution is -2.32. The third-order valence-electron chi connectivity index (χ3n) is 2.51. The Morgan fingerprint density at radius 3 is 2.82 bits per heavy atom. The lowest BCUT2D eigenvalue weighted by molar-refractivity contribution is 0.326.